The van der Waals surface area contributed by atoms with Crippen LogP contribution in [0.5, 0.6) is 0 Å². The minimum atomic E-state index is -1.10. The maximum atomic E-state index is 12.4. The van der Waals surface area contributed by atoms with Crippen LogP contribution in [0, 0.1) is 0 Å². The second kappa shape index (κ2) is 5.36. The third kappa shape index (κ3) is 2.20. The fourth-order valence-corrected chi connectivity index (χ4v) is 5.97. The minimum Gasteiger partial charge on any atom is -0.297 e. The summed E-state index contributed by atoms with van der Waals surface area (Å²) in [5, 5.41) is 0. The molecule has 1 heterocycles. The molecule has 1 aliphatic rings. The van der Waals surface area contributed by atoms with Gasteiger partial charge in [-0.1, -0.05) is 37.3 Å². The molecule has 2 atom stereocenters. The first-order chi connectivity index (χ1) is 8.21. The van der Waals surface area contributed by atoms with Crippen LogP contribution in [0.4, 0.5) is 0 Å². The lowest BCUT2D eigenvalue weighted by Crippen LogP contribution is -2.41. The Kier molecular flexibility index (Phi) is 4.05. The van der Waals surface area contributed by atoms with Gasteiger partial charge >= 0.3 is 0 Å². The molecule has 1 aromatic rings. The highest BCUT2D eigenvalue weighted by Gasteiger charge is 2.46. The van der Waals surface area contributed by atoms with Crippen molar-refractivity contribution in [3.63, 3.8) is 0 Å². The van der Waals surface area contributed by atoms with Gasteiger partial charge in [-0.2, -0.15) is 0 Å². The van der Waals surface area contributed by atoms with Gasteiger partial charge in [0.25, 0.3) is 0 Å². The summed E-state index contributed by atoms with van der Waals surface area (Å²) in [6.45, 7) is 1.85. The molecule has 92 valence electrons. The average Bonchev–Trinajstić information content (AvgIpc) is 2.39. The Labute approximate surface area is 109 Å². The number of carbonyl (C=O) groups excluding carboxylic acids is 1. The topological polar surface area (TPSA) is 34.1 Å². The largest absolute Gasteiger partial charge is 0.297 e. The van der Waals surface area contributed by atoms with E-state index in [2.05, 4.69) is 0 Å². The Balaban J connectivity index is 2.50. The number of Topliss-reactive ketones (excluding diaryl/α,β-unsaturated/α-hetero) is 1. The van der Waals surface area contributed by atoms with Crippen molar-refractivity contribution < 1.29 is 9.00 Å². The lowest BCUT2D eigenvalue weighted by Gasteiger charge is -2.34. The normalized spacial score (nSPS) is 28.9. The van der Waals surface area contributed by atoms with Gasteiger partial charge in [-0.05, 0) is 17.7 Å². The van der Waals surface area contributed by atoms with E-state index in [1.165, 1.54) is 0 Å². The molecular weight excluding hydrogens is 252 g/mol. The molecule has 0 aromatic heterocycles. The number of rotatable bonds is 3. The Morgan fingerprint density at radius 1 is 1.41 bits per heavy atom. The summed E-state index contributed by atoms with van der Waals surface area (Å²) in [7, 11) is -1.10. The molecule has 0 N–H and O–H groups in total. The first kappa shape index (κ1) is 12.8. The molecule has 0 amide bonds. The van der Waals surface area contributed by atoms with Crippen LogP contribution in [0.3, 0.4) is 0 Å². The van der Waals surface area contributed by atoms with Crippen molar-refractivity contribution in [2.24, 2.45) is 0 Å². The Morgan fingerprint density at radius 3 is 2.71 bits per heavy atom. The molecule has 1 unspecified atom stereocenters. The van der Waals surface area contributed by atoms with Crippen LogP contribution in [-0.4, -0.2) is 21.5 Å². The predicted molar refractivity (Wildman–Crippen MR) is 73.5 cm³/mol. The number of benzene rings is 1. The van der Waals surface area contributed by atoms with Crippen LogP contribution in [0.15, 0.2) is 30.3 Å². The van der Waals surface area contributed by atoms with Crippen molar-refractivity contribution in [3.8, 4) is 0 Å². The highest BCUT2D eigenvalue weighted by Crippen LogP contribution is 2.45. The maximum absolute atomic E-state index is 12.4. The second-order valence-electron chi connectivity index (χ2n) is 4.01. The van der Waals surface area contributed by atoms with Crippen molar-refractivity contribution in [3.05, 3.63) is 35.9 Å². The summed E-state index contributed by atoms with van der Waals surface area (Å²) in [5.41, 5.74) is 0.898. The Bertz CT molecular complexity index is 420. The predicted octanol–water partition coefficient (Wildman–Crippen LogP) is 2.70. The third-order valence-electron chi connectivity index (χ3n) is 2.94. The zero-order valence-electron chi connectivity index (χ0n) is 9.85. The maximum Gasteiger partial charge on any atom is 0.174 e. The van der Waals surface area contributed by atoms with Gasteiger partial charge in [0, 0.05) is 23.0 Å². The van der Waals surface area contributed by atoms with E-state index in [0.29, 0.717) is 12.2 Å². The lowest BCUT2D eigenvalue weighted by atomic mass is 10.1. The summed E-state index contributed by atoms with van der Waals surface area (Å²) in [6.07, 6.45) is 1.37. The lowest BCUT2D eigenvalue weighted by molar-refractivity contribution is -0.119. The molecule has 17 heavy (non-hydrogen) atoms. The fourth-order valence-electron chi connectivity index (χ4n) is 2.09. The molecule has 0 saturated carbocycles. The average molecular weight is 268 g/mol. The van der Waals surface area contributed by atoms with Gasteiger partial charge in [-0.25, -0.2) is 0 Å². The van der Waals surface area contributed by atoms with Crippen LogP contribution < -0.4 is 0 Å². The Morgan fingerprint density at radius 2 is 2.12 bits per heavy atom. The first-order valence-corrected chi connectivity index (χ1v) is 8.13. The molecule has 4 heteroatoms. The van der Waals surface area contributed by atoms with Crippen LogP contribution in [-0.2, 0) is 19.7 Å². The van der Waals surface area contributed by atoms with Crippen molar-refractivity contribution in [2.75, 3.05) is 11.5 Å². The summed E-state index contributed by atoms with van der Waals surface area (Å²) < 4.78 is 11.6. The van der Waals surface area contributed by atoms with Gasteiger partial charge in [0.2, 0.25) is 0 Å². The van der Waals surface area contributed by atoms with Crippen LogP contribution >= 0.6 is 11.8 Å². The fraction of sp³-hybridized carbons (Fsp3) is 0.462. The van der Waals surface area contributed by atoms with Crippen LogP contribution in [0.25, 0.3) is 0 Å². The number of hydrogen-bond acceptors (Lipinski definition) is 3. The molecule has 1 aliphatic heterocycles. The first-order valence-electron chi connectivity index (χ1n) is 5.83. The summed E-state index contributed by atoms with van der Waals surface area (Å²) in [6, 6.07) is 9.58. The van der Waals surface area contributed by atoms with Crippen molar-refractivity contribution in [2.45, 2.75) is 23.8 Å². The van der Waals surface area contributed by atoms with Gasteiger partial charge < -0.3 is 0 Å². The second-order valence-corrected chi connectivity index (χ2v) is 7.29. The molecule has 1 aromatic carbocycles. The number of ketones is 1. The van der Waals surface area contributed by atoms with Gasteiger partial charge in [0.15, 0.2) is 9.86 Å². The molecule has 0 aliphatic carbocycles. The van der Waals surface area contributed by atoms with E-state index in [9.17, 15) is 9.00 Å². The molecule has 1 saturated heterocycles. The molecular formula is C13H16O2S2. The summed E-state index contributed by atoms with van der Waals surface area (Å²) >= 11 is 1.55. The minimum absolute atomic E-state index is 0.0896. The van der Waals surface area contributed by atoms with E-state index >= 15 is 0 Å². The highest BCUT2D eigenvalue weighted by atomic mass is 32.2. The number of hydrogen-bond donors (Lipinski definition) is 0. The summed E-state index contributed by atoms with van der Waals surface area (Å²) in [4.78, 5) is 12.3. The quantitative estimate of drug-likeness (QED) is 0.845. The van der Waals surface area contributed by atoms with Gasteiger partial charge in [0.05, 0.1) is 0 Å². The molecule has 0 spiro atoms. The van der Waals surface area contributed by atoms with Gasteiger partial charge in [0.1, 0.15) is 0 Å². The van der Waals surface area contributed by atoms with Gasteiger partial charge in [-0.3, -0.25) is 9.00 Å². The van der Waals surface area contributed by atoms with E-state index in [1.807, 2.05) is 37.3 Å². The molecule has 0 bridgehead atoms. The van der Waals surface area contributed by atoms with E-state index in [4.69, 9.17) is 0 Å². The highest BCUT2D eigenvalue weighted by molar-refractivity contribution is 8.13. The summed E-state index contributed by atoms with van der Waals surface area (Å²) in [5.74, 6) is 1.63. The smallest absolute Gasteiger partial charge is 0.174 e. The van der Waals surface area contributed by atoms with Crippen molar-refractivity contribution in [1.82, 2.24) is 0 Å². The molecule has 2 rings (SSSR count). The standard InChI is InChI=1S/C13H16O2S2/c1-2-12(14)13(11-7-4-3-5-8-11)16-9-6-10-17(13)15/h3-5,7-8H,2,6,9-10H2,1H3/t13-,17?/m1/s1. The number of thioether (sulfide) groups is 1. The van der Waals surface area contributed by atoms with E-state index in [1.54, 1.807) is 11.8 Å². The monoisotopic (exact) mass is 268 g/mol. The number of carbonyl (C=O) groups is 1. The SMILES string of the molecule is CCC(=O)[C@]1(c2ccccc2)SCCCS1=O. The van der Waals surface area contributed by atoms with Crippen molar-refractivity contribution >= 4 is 28.3 Å². The Hall–Kier alpha value is -0.610. The van der Waals surface area contributed by atoms with Crippen molar-refractivity contribution in [1.29, 1.82) is 0 Å². The van der Waals surface area contributed by atoms with Gasteiger partial charge in [-0.15, -0.1) is 11.8 Å². The van der Waals surface area contributed by atoms with Crippen LogP contribution in [0.2, 0.25) is 0 Å². The van der Waals surface area contributed by atoms with Crippen LogP contribution in [0.1, 0.15) is 25.3 Å². The zero-order valence-corrected chi connectivity index (χ0v) is 11.5. The van der Waals surface area contributed by atoms with E-state index in [-0.39, 0.29) is 5.78 Å². The zero-order chi connectivity index (χ0) is 12.3. The van der Waals surface area contributed by atoms with E-state index < -0.39 is 14.9 Å². The third-order valence-corrected chi connectivity index (χ3v) is 6.98. The molecule has 2 nitrogen and oxygen atoms in total. The van der Waals surface area contributed by atoms with E-state index in [0.717, 1.165) is 17.7 Å². The molecule has 0 radical (unpaired) electrons. The molecule has 1 fully saturated rings.